The van der Waals surface area contributed by atoms with Gasteiger partial charge in [-0.15, -0.1) is 0 Å². The van der Waals surface area contributed by atoms with Crippen LogP contribution in [0.15, 0.2) is 0 Å². The molecule has 0 aliphatic carbocycles. The lowest BCUT2D eigenvalue weighted by Crippen LogP contribution is -2.47. The molecule has 1 rings (SSSR count). The van der Waals surface area contributed by atoms with Crippen molar-refractivity contribution in [3.8, 4) is 0 Å². The average Bonchev–Trinajstić information content (AvgIpc) is 2.36. The third-order valence-corrected chi connectivity index (χ3v) is 3.93. The topological polar surface area (TPSA) is 69.6 Å². The summed E-state index contributed by atoms with van der Waals surface area (Å²) < 4.78 is 0. The van der Waals surface area contributed by atoms with Crippen molar-refractivity contribution in [3.05, 3.63) is 0 Å². The van der Waals surface area contributed by atoms with Gasteiger partial charge < -0.3 is 15.3 Å². The largest absolute Gasteiger partial charge is 0.481 e. The molecule has 2 amide bonds. The third kappa shape index (κ3) is 6.82. The first-order chi connectivity index (χ1) is 9.69. The van der Waals surface area contributed by atoms with Crippen LogP contribution in [0.2, 0.25) is 0 Å². The number of carboxylic acid groups (broad SMARTS) is 1. The van der Waals surface area contributed by atoms with Gasteiger partial charge in [0.2, 0.25) is 0 Å². The zero-order valence-corrected chi connectivity index (χ0v) is 13.8. The van der Waals surface area contributed by atoms with E-state index in [1.807, 2.05) is 0 Å². The second-order valence-corrected chi connectivity index (χ2v) is 7.51. The van der Waals surface area contributed by atoms with E-state index in [-0.39, 0.29) is 6.03 Å². The molecule has 2 N–H and O–H groups in total. The minimum Gasteiger partial charge on any atom is -0.481 e. The Hall–Kier alpha value is -1.26. The van der Waals surface area contributed by atoms with Crippen LogP contribution in [0.5, 0.6) is 0 Å². The van der Waals surface area contributed by atoms with Gasteiger partial charge in [0.05, 0.1) is 5.92 Å². The number of piperidine rings is 1. The van der Waals surface area contributed by atoms with Crippen molar-refractivity contribution >= 4 is 12.0 Å². The maximum Gasteiger partial charge on any atom is 0.317 e. The molecule has 5 nitrogen and oxygen atoms in total. The second-order valence-electron chi connectivity index (χ2n) is 7.51. The smallest absolute Gasteiger partial charge is 0.317 e. The molecule has 0 saturated carbocycles. The highest BCUT2D eigenvalue weighted by molar-refractivity contribution is 5.76. The molecule has 1 aliphatic heterocycles. The molecule has 1 aliphatic rings. The summed E-state index contributed by atoms with van der Waals surface area (Å²) in [4.78, 5) is 24.7. The van der Waals surface area contributed by atoms with Gasteiger partial charge in [0, 0.05) is 19.6 Å². The lowest BCUT2D eigenvalue weighted by atomic mass is 9.84. The Kier molecular flexibility index (Phi) is 6.49. The fourth-order valence-electron chi connectivity index (χ4n) is 3.05. The van der Waals surface area contributed by atoms with Gasteiger partial charge in [-0.1, -0.05) is 27.7 Å². The fraction of sp³-hybridized carbons (Fsp3) is 0.875. The van der Waals surface area contributed by atoms with E-state index in [1.165, 1.54) is 0 Å². The molecular formula is C16H30N2O3. The molecule has 0 aromatic heterocycles. The van der Waals surface area contributed by atoms with E-state index in [1.54, 1.807) is 4.90 Å². The van der Waals surface area contributed by atoms with Crippen LogP contribution in [0, 0.1) is 17.3 Å². The van der Waals surface area contributed by atoms with Gasteiger partial charge in [-0.05, 0) is 37.0 Å². The Labute approximate surface area is 128 Å². The Bertz CT molecular complexity index is 363. The van der Waals surface area contributed by atoms with Crippen molar-refractivity contribution in [3.63, 3.8) is 0 Å². The maximum absolute atomic E-state index is 12.1. The van der Waals surface area contributed by atoms with Gasteiger partial charge in [0.1, 0.15) is 0 Å². The number of rotatable bonds is 5. The van der Waals surface area contributed by atoms with E-state index < -0.39 is 11.9 Å². The van der Waals surface area contributed by atoms with Crippen LogP contribution in [-0.2, 0) is 4.79 Å². The summed E-state index contributed by atoms with van der Waals surface area (Å²) in [5.74, 6) is -0.644. The van der Waals surface area contributed by atoms with Crippen LogP contribution in [0.3, 0.4) is 0 Å². The van der Waals surface area contributed by atoms with Gasteiger partial charge in [-0.25, -0.2) is 4.79 Å². The molecular weight excluding hydrogens is 268 g/mol. The zero-order chi connectivity index (χ0) is 16.0. The number of carbonyl (C=O) groups excluding carboxylic acids is 1. The van der Waals surface area contributed by atoms with Crippen molar-refractivity contribution in [2.24, 2.45) is 17.3 Å². The lowest BCUT2D eigenvalue weighted by Gasteiger charge is -2.31. The van der Waals surface area contributed by atoms with Crippen molar-refractivity contribution in [2.45, 2.75) is 53.4 Å². The highest BCUT2D eigenvalue weighted by atomic mass is 16.4. The van der Waals surface area contributed by atoms with Gasteiger partial charge in [0.15, 0.2) is 0 Å². The SMILES string of the molecule is CC(CCNC(=O)N1CCCC(C(=O)O)C1)CC(C)(C)C. The minimum absolute atomic E-state index is 0.121. The van der Waals surface area contributed by atoms with Crippen LogP contribution < -0.4 is 5.32 Å². The molecule has 2 unspecified atom stereocenters. The van der Waals surface area contributed by atoms with E-state index >= 15 is 0 Å². The van der Waals surface area contributed by atoms with E-state index in [0.717, 1.165) is 19.3 Å². The first-order valence-corrected chi connectivity index (χ1v) is 7.94. The van der Waals surface area contributed by atoms with E-state index in [4.69, 9.17) is 5.11 Å². The summed E-state index contributed by atoms with van der Waals surface area (Å²) in [6.07, 6.45) is 3.53. The number of hydrogen-bond donors (Lipinski definition) is 2. The normalized spacial score (nSPS) is 21.0. The van der Waals surface area contributed by atoms with Crippen LogP contribution in [0.4, 0.5) is 4.79 Å². The maximum atomic E-state index is 12.1. The first kappa shape index (κ1) is 17.8. The van der Waals surface area contributed by atoms with E-state index in [2.05, 4.69) is 33.0 Å². The number of amides is 2. The number of aliphatic carboxylic acids is 1. The predicted molar refractivity (Wildman–Crippen MR) is 83.2 cm³/mol. The second kappa shape index (κ2) is 7.66. The number of carbonyl (C=O) groups is 2. The Morgan fingerprint density at radius 2 is 2.05 bits per heavy atom. The molecule has 0 radical (unpaired) electrons. The predicted octanol–water partition coefficient (Wildman–Crippen LogP) is 2.96. The number of hydrogen-bond acceptors (Lipinski definition) is 2. The van der Waals surface area contributed by atoms with Crippen LogP contribution in [-0.4, -0.2) is 41.6 Å². The molecule has 1 fully saturated rings. The van der Waals surface area contributed by atoms with E-state index in [0.29, 0.717) is 37.4 Å². The van der Waals surface area contributed by atoms with Crippen molar-refractivity contribution in [1.29, 1.82) is 0 Å². The van der Waals surface area contributed by atoms with Crippen LogP contribution in [0.25, 0.3) is 0 Å². The standard InChI is InChI=1S/C16H30N2O3/c1-12(10-16(2,3)4)7-8-17-15(21)18-9-5-6-13(11-18)14(19)20/h12-13H,5-11H2,1-4H3,(H,17,21)(H,19,20). The molecule has 5 heteroatoms. The molecule has 1 heterocycles. The van der Waals surface area contributed by atoms with Gasteiger partial charge in [-0.3, -0.25) is 4.79 Å². The number of nitrogens with one attached hydrogen (secondary N) is 1. The van der Waals surface area contributed by atoms with E-state index in [9.17, 15) is 9.59 Å². The average molecular weight is 298 g/mol. The molecule has 1 saturated heterocycles. The summed E-state index contributed by atoms with van der Waals surface area (Å²) >= 11 is 0. The van der Waals surface area contributed by atoms with Crippen molar-refractivity contribution in [2.75, 3.05) is 19.6 Å². The van der Waals surface area contributed by atoms with Crippen molar-refractivity contribution in [1.82, 2.24) is 10.2 Å². The Morgan fingerprint density at radius 3 is 2.62 bits per heavy atom. The molecule has 0 aromatic carbocycles. The number of carboxylic acids is 1. The number of nitrogens with zero attached hydrogens (tertiary/aromatic N) is 1. The monoisotopic (exact) mass is 298 g/mol. The highest BCUT2D eigenvalue weighted by Gasteiger charge is 2.28. The van der Waals surface area contributed by atoms with Crippen LogP contribution >= 0.6 is 0 Å². The summed E-state index contributed by atoms with van der Waals surface area (Å²) in [5.41, 5.74) is 0.311. The first-order valence-electron chi connectivity index (χ1n) is 7.94. The van der Waals surface area contributed by atoms with Gasteiger partial charge in [-0.2, -0.15) is 0 Å². The van der Waals surface area contributed by atoms with Gasteiger partial charge >= 0.3 is 12.0 Å². The number of urea groups is 1. The zero-order valence-electron chi connectivity index (χ0n) is 13.8. The summed E-state index contributed by atoms with van der Waals surface area (Å²) in [7, 11) is 0. The quantitative estimate of drug-likeness (QED) is 0.820. The van der Waals surface area contributed by atoms with Crippen LogP contribution in [0.1, 0.15) is 53.4 Å². The molecule has 122 valence electrons. The van der Waals surface area contributed by atoms with Gasteiger partial charge in [0.25, 0.3) is 0 Å². The van der Waals surface area contributed by atoms with Crippen molar-refractivity contribution < 1.29 is 14.7 Å². The molecule has 21 heavy (non-hydrogen) atoms. The summed E-state index contributed by atoms with van der Waals surface area (Å²) in [5, 5.41) is 12.0. The lowest BCUT2D eigenvalue weighted by molar-refractivity contribution is -0.143. The molecule has 0 bridgehead atoms. The highest BCUT2D eigenvalue weighted by Crippen LogP contribution is 2.25. The molecule has 0 aromatic rings. The molecule has 2 atom stereocenters. The summed E-state index contributed by atoms with van der Waals surface area (Å²) in [6.45, 7) is 10.5. The fourth-order valence-corrected chi connectivity index (χ4v) is 3.05. The minimum atomic E-state index is -0.800. The Morgan fingerprint density at radius 1 is 1.38 bits per heavy atom. The number of likely N-dealkylation sites (tertiary alicyclic amines) is 1. The third-order valence-electron chi connectivity index (χ3n) is 3.93. The molecule has 0 spiro atoms. The Balaban J connectivity index is 2.29. The summed E-state index contributed by atoms with van der Waals surface area (Å²) in [6, 6.07) is -0.121.